The SMILES string of the molecule is CC1[CH]CCC1C. The molecule has 0 aromatic carbocycles. The summed E-state index contributed by atoms with van der Waals surface area (Å²) in [6.45, 7) is 4.63. The molecule has 0 aromatic heterocycles. The molecule has 0 aliphatic heterocycles. The zero-order valence-corrected chi connectivity index (χ0v) is 5.15. The third-order valence-electron chi connectivity index (χ3n) is 2.06. The average molecular weight is 97.2 g/mol. The Balaban J connectivity index is 2.33. The van der Waals surface area contributed by atoms with Crippen molar-refractivity contribution in [3.63, 3.8) is 0 Å². The summed E-state index contributed by atoms with van der Waals surface area (Å²) in [5.41, 5.74) is 0. The highest BCUT2D eigenvalue weighted by atomic mass is 14.2. The molecule has 1 saturated carbocycles. The molecule has 0 spiro atoms. The zero-order chi connectivity index (χ0) is 5.28. The van der Waals surface area contributed by atoms with E-state index in [1.807, 2.05) is 0 Å². The molecule has 0 heterocycles. The third kappa shape index (κ3) is 0.960. The van der Waals surface area contributed by atoms with Crippen molar-refractivity contribution >= 4 is 0 Å². The van der Waals surface area contributed by atoms with Gasteiger partial charge in [-0.25, -0.2) is 0 Å². The van der Waals surface area contributed by atoms with Crippen molar-refractivity contribution in [2.75, 3.05) is 0 Å². The van der Waals surface area contributed by atoms with Crippen LogP contribution in [0.3, 0.4) is 0 Å². The van der Waals surface area contributed by atoms with Crippen molar-refractivity contribution in [2.45, 2.75) is 26.7 Å². The molecule has 0 heteroatoms. The molecule has 1 fully saturated rings. The molecule has 0 nitrogen and oxygen atoms in total. The lowest BCUT2D eigenvalue weighted by atomic mass is 10.0. The Bertz CT molecular complexity index is 49.1. The van der Waals surface area contributed by atoms with Crippen LogP contribution in [0.15, 0.2) is 0 Å². The first kappa shape index (κ1) is 5.14. The van der Waals surface area contributed by atoms with E-state index in [0.29, 0.717) is 0 Å². The zero-order valence-electron chi connectivity index (χ0n) is 5.15. The summed E-state index contributed by atoms with van der Waals surface area (Å²) in [4.78, 5) is 0. The number of hydrogen-bond acceptors (Lipinski definition) is 0. The van der Waals surface area contributed by atoms with E-state index in [-0.39, 0.29) is 0 Å². The number of hydrogen-bond donors (Lipinski definition) is 0. The molecule has 0 saturated heterocycles. The van der Waals surface area contributed by atoms with Crippen molar-refractivity contribution in [1.29, 1.82) is 0 Å². The Labute approximate surface area is 45.9 Å². The summed E-state index contributed by atoms with van der Waals surface area (Å²) in [6, 6.07) is 0. The predicted octanol–water partition coefficient (Wildman–Crippen LogP) is 2.26. The molecule has 0 bridgehead atoms. The van der Waals surface area contributed by atoms with Gasteiger partial charge < -0.3 is 0 Å². The summed E-state index contributed by atoms with van der Waals surface area (Å²) in [7, 11) is 0. The summed E-state index contributed by atoms with van der Waals surface area (Å²) in [5.74, 6) is 1.85. The number of rotatable bonds is 0. The highest BCUT2D eigenvalue weighted by molar-refractivity contribution is 4.84. The minimum Gasteiger partial charge on any atom is -0.0622 e. The monoisotopic (exact) mass is 97.1 g/mol. The van der Waals surface area contributed by atoms with Crippen LogP contribution < -0.4 is 0 Å². The molecule has 1 aliphatic rings. The van der Waals surface area contributed by atoms with Crippen molar-refractivity contribution < 1.29 is 0 Å². The third-order valence-corrected chi connectivity index (χ3v) is 2.06. The van der Waals surface area contributed by atoms with Gasteiger partial charge in [0.2, 0.25) is 0 Å². The average Bonchev–Trinajstić information content (AvgIpc) is 1.91. The van der Waals surface area contributed by atoms with Gasteiger partial charge in [0.25, 0.3) is 0 Å². The van der Waals surface area contributed by atoms with Crippen molar-refractivity contribution in [1.82, 2.24) is 0 Å². The van der Waals surface area contributed by atoms with Crippen LogP contribution in [0.5, 0.6) is 0 Å². The van der Waals surface area contributed by atoms with E-state index < -0.39 is 0 Å². The molecule has 0 amide bonds. The largest absolute Gasteiger partial charge is 0.0622 e. The topological polar surface area (TPSA) is 0 Å². The maximum absolute atomic E-state index is 2.42. The normalized spacial score (nSPS) is 42.0. The van der Waals surface area contributed by atoms with Gasteiger partial charge in [0.15, 0.2) is 0 Å². The van der Waals surface area contributed by atoms with E-state index in [0.717, 1.165) is 11.8 Å². The second kappa shape index (κ2) is 1.85. The standard InChI is InChI=1S/C7H13/c1-6-4-3-5-7(6)2/h4,6-7H,3,5H2,1-2H3. The summed E-state index contributed by atoms with van der Waals surface area (Å²) in [6.07, 6.45) is 5.19. The summed E-state index contributed by atoms with van der Waals surface area (Å²) in [5, 5.41) is 0. The molecule has 0 N–H and O–H groups in total. The van der Waals surface area contributed by atoms with Gasteiger partial charge in [-0.1, -0.05) is 20.3 Å². The summed E-state index contributed by atoms with van der Waals surface area (Å²) < 4.78 is 0. The molecule has 0 aromatic rings. The lowest BCUT2D eigenvalue weighted by Gasteiger charge is -2.04. The van der Waals surface area contributed by atoms with Crippen LogP contribution in [0, 0.1) is 18.3 Å². The van der Waals surface area contributed by atoms with Crippen molar-refractivity contribution in [3.8, 4) is 0 Å². The van der Waals surface area contributed by atoms with Gasteiger partial charge in [0.05, 0.1) is 0 Å². The predicted molar refractivity (Wildman–Crippen MR) is 31.9 cm³/mol. The second-order valence-corrected chi connectivity index (χ2v) is 2.65. The Kier molecular flexibility index (Phi) is 1.36. The Hall–Kier alpha value is 0. The van der Waals surface area contributed by atoms with Gasteiger partial charge in [-0.05, 0) is 24.7 Å². The Morgan fingerprint density at radius 2 is 2.14 bits per heavy atom. The Morgan fingerprint density at radius 3 is 2.29 bits per heavy atom. The fourth-order valence-electron chi connectivity index (χ4n) is 1.12. The smallest absolute Gasteiger partial charge is 0.0355 e. The van der Waals surface area contributed by atoms with Gasteiger partial charge in [-0.15, -0.1) is 0 Å². The quantitative estimate of drug-likeness (QED) is 0.435. The highest BCUT2D eigenvalue weighted by Crippen LogP contribution is 2.28. The molecular weight excluding hydrogens is 84.1 g/mol. The maximum atomic E-state index is 2.42. The van der Waals surface area contributed by atoms with E-state index >= 15 is 0 Å². The van der Waals surface area contributed by atoms with E-state index in [1.165, 1.54) is 12.8 Å². The molecule has 7 heavy (non-hydrogen) atoms. The van der Waals surface area contributed by atoms with Gasteiger partial charge in [-0.3, -0.25) is 0 Å². The van der Waals surface area contributed by atoms with Crippen LogP contribution in [0.25, 0.3) is 0 Å². The minimum atomic E-state index is 0.889. The van der Waals surface area contributed by atoms with Gasteiger partial charge in [0, 0.05) is 0 Å². The van der Waals surface area contributed by atoms with E-state index in [1.54, 1.807) is 0 Å². The first-order chi connectivity index (χ1) is 3.30. The molecule has 41 valence electrons. The first-order valence-corrected chi connectivity index (χ1v) is 3.14. The van der Waals surface area contributed by atoms with Crippen LogP contribution in [0.4, 0.5) is 0 Å². The second-order valence-electron chi connectivity index (χ2n) is 2.65. The van der Waals surface area contributed by atoms with Crippen molar-refractivity contribution in [3.05, 3.63) is 6.42 Å². The van der Waals surface area contributed by atoms with Gasteiger partial charge in [-0.2, -0.15) is 0 Å². The molecule has 1 rings (SSSR count). The lowest BCUT2D eigenvalue weighted by Crippen LogP contribution is -1.96. The minimum absolute atomic E-state index is 0.889. The van der Waals surface area contributed by atoms with Crippen LogP contribution in [0.1, 0.15) is 26.7 Å². The fraction of sp³-hybridized carbons (Fsp3) is 0.857. The molecule has 1 aliphatic carbocycles. The van der Waals surface area contributed by atoms with Gasteiger partial charge in [0.1, 0.15) is 0 Å². The molecular formula is C7H13. The van der Waals surface area contributed by atoms with E-state index in [2.05, 4.69) is 20.3 Å². The molecule has 2 unspecified atom stereocenters. The van der Waals surface area contributed by atoms with Crippen LogP contribution in [-0.2, 0) is 0 Å². The van der Waals surface area contributed by atoms with Crippen LogP contribution in [-0.4, -0.2) is 0 Å². The Morgan fingerprint density at radius 1 is 1.43 bits per heavy atom. The highest BCUT2D eigenvalue weighted by Gasteiger charge is 2.17. The van der Waals surface area contributed by atoms with E-state index in [4.69, 9.17) is 0 Å². The van der Waals surface area contributed by atoms with Crippen LogP contribution >= 0.6 is 0 Å². The summed E-state index contributed by atoms with van der Waals surface area (Å²) >= 11 is 0. The molecule has 1 radical (unpaired) electrons. The first-order valence-electron chi connectivity index (χ1n) is 3.14. The van der Waals surface area contributed by atoms with Crippen molar-refractivity contribution in [2.24, 2.45) is 11.8 Å². The lowest BCUT2D eigenvalue weighted by molar-refractivity contribution is 0.491. The molecule has 2 atom stereocenters. The maximum Gasteiger partial charge on any atom is -0.0355 e. The van der Waals surface area contributed by atoms with E-state index in [9.17, 15) is 0 Å². The van der Waals surface area contributed by atoms with Crippen LogP contribution in [0.2, 0.25) is 0 Å². The van der Waals surface area contributed by atoms with Gasteiger partial charge >= 0.3 is 0 Å². The fourth-order valence-corrected chi connectivity index (χ4v) is 1.12.